The van der Waals surface area contributed by atoms with E-state index >= 15 is 0 Å². The number of methoxy groups -OCH3 is 1. The minimum atomic E-state index is -0.119. The van der Waals surface area contributed by atoms with Gasteiger partial charge in [0.05, 0.1) is 12.3 Å². The van der Waals surface area contributed by atoms with Gasteiger partial charge in [-0.2, -0.15) is 4.52 Å². The van der Waals surface area contributed by atoms with E-state index in [-0.39, 0.29) is 6.10 Å². The Bertz CT molecular complexity index is 650. The molecule has 18 heavy (non-hydrogen) atoms. The maximum absolute atomic E-state index is 5.79. The van der Waals surface area contributed by atoms with Gasteiger partial charge in [0.2, 0.25) is 11.6 Å². The van der Waals surface area contributed by atoms with E-state index in [0.29, 0.717) is 18.0 Å². The fraction of sp³-hybridized carbons (Fsp3) is 0.333. The molecule has 0 saturated heterocycles. The van der Waals surface area contributed by atoms with Crippen LogP contribution in [0, 0.1) is 6.92 Å². The van der Waals surface area contributed by atoms with Crippen LogP contribution in [0.25, 0.3) is 11.3 Å². The van der Waals surface area contributed by atoms with Crippen LogP contribution >= 0.6 is 0 Å². The summed E-state index contributed by atoms with van der Waals surface area (Å²) in [5.74, 6) is 1.34. The van der Waals surface area contributed by atoms with Crippen molar-refractivity contribution in [2.24, 2.45) is 5.73 Å². The Morgan fingerprint density at radius 1 is 1.50 bits per heavy atom. The van der Waals surface area contributed by atoms with Crippen molar-refractivity contribution in [2.45, 2.75) is 19.4 Å². The second-order valence-corrected chi connectivity index (χ2v) is 4.25. The van der Waals surface area contributed by atoms with E-state index in [4.69, 9.17) is 14.9 Å². The zero-order valence-corrected chi connectivity index (χ0v) is 10.3. The highest BCUT2D eigenvalue weighted by Crippen LogP contribution is 2.27. The number of nitrogens with zero attached hydrogens (tertiary/aromatic N) is 3. The molecule has 2 aromatic rings. The first kappa shape index (κ1) is 11.0. The lowest BCUT2D eigenvalue weighted by Gasteiger charge is -2.19. The summed E-state index contributed by atoms with van der Waals surface area (Å²) in [7, 11) is 1.65. The number of allylic oxidation sites excluding steroid dienone is 2. The second kappa shape index (κ2) is 3.99. The summed E-state index contributed by atoms with van der Waals surface area (Å²) in [5.41, 5.74) is 8.11. The topological polar surface area (TPSA) is 78.6 Å². The van der Waals surface area contributed by atoms with Gasteiger partial charge in [-0.3, -0.25) is 0 Å². The molecule has 2 N–H and O–H groups in total. The molecule has 6 nitrogen and oxygen atoms in total. The van der Waals surface area contributed by atoms with Crippen LogP contribution in [0.3, 0.4) is 0 Å². The predicted molar refractivity (Wildman–Crippen MR) is 65.7 cm³/mol. The van der Waals surface area contributed by atoms with Crippen LogP contribution in [0.15, 0.2) is 28.5 Å². The molecule has 2 aromatic heterocycles. The molecular weight excluding hydrogens is 232 g/mol. The number of hydrogen-bond acceptors (Lipinski definition) is 5. The highest BCUT2D eigenvalue weighted by molar-refractivity contribution is 5.67. The van der Waals surface area contributed by atoms with E-state index in [1.807, 2.05) is 19.1 Å². The standard InChI is InChI=1S/C12H14N4O2/c1-7-14-6-11-16(7)15-12(18-11)9-4-3-8(13)5-10(9)17-2/h3-4,6,10H,5,13H2,1-2H3. The number of ether oxygens (including phenoxy) is 1. The molecule has 0 aromatic carbocycles. The molecule has 3 rings (SSSR count). The normalized spacial score (nSPS) is 20.0. The Kier molecular flexibility index (Phi) is 2.45. The monoisotopic (exact) mass is 246 g/mol. The van der Waals surface area contributed by atoms with E-state index in [2.05, 4.69) is 10.1 Å². The molecular formula is C12H14N4O2. The number of aryl methyl sites for hydroxylation is 1. The van der Waals surface area contributed by atoms with Gasteiger partial charge >= 0.3 is 0 Å². The zero-order chi connectivity index (χ0) is 12.7. The van der Waals surface area contributed by atoms with Gasteiger partial charge in [0.25, 0.3) is 0 Å². The number of hydrogen-bond donors (Lipinski definition) is 1. The predicted octanol–water partition coefficient (Wildman–Crippen LogP) is 1.28. The fourth-order valence-electron chi connectivity index (χ4n) is 2.05. The van der Waals surface area contributed by atoms with Gasteiger partial charge in [0.1, 0.15) is 5.82 Å². The summed E-state index contributed by atoms with van der Waals surface area (Å²) < 4.78 is 12.8. The van der Waals surface area contributed by atoms with Crippen LogP contribution in [0.1, 0.15) is 18.1 Å². The SMILES string of the molecule is COC1CC(N)=CC=C1c1nn2c(C)ncc2o1. The third-order valence-corrected chi connectivity index (χ3v) is 3.05. The first-order valence-corrected chi connectivity index (χ1v) is 5.69. The van der Waals surface area contributed by atoms with Crippen molar-refractivity contribution in [3.63, 3.8) is 0 Å². The first-order chi connectivity index (χ1) is 8.69. The van der Waals surface area contributed by atoms with Crippen LogP contribution in [0.5, 0.6) is 0 Å². The number of rotatable bonds is 2. The van der Waals surface area contributed by atoms with Crippen LogP contribution in [-0.2, 0) is 4.74 Å². The van der Waals surface area contributed by atoms with Gasteiger partial charge in [0, 0.05) is 24.8 Å². The quantitative estimate of drug-likeness (QED) is 0.863. The molecule has 1 atom stereocenters. The summed E-state index contributed by atoms with van der Waals surface area (Å²) in [4.78, 5) is 4.12. The molecule has 1 unspecified atom stereocenters. The second-order valence-electron chi connectivity index (χ2n) is 4.25. The molecule has 2 heterocycles. The van der Waals surface area contributed by atoms with Crippen LogP contribution in [0.2, 0.25) is 0 Å². The lowest BCUT2D eigenvalue weighted by Crippen LogP contribution is -2.19. The van der Waals surface area contributed by atoms with Gasteiger partial charge in [0.15, 0.2) is 0 Å². The van der Waals surface area contributed by atoms with Gasteiger partial charge in [-0.1, -0.05) is 0 Å². The molecule has 0 spiro atoms. The summed E-state index contributed by atoms with van der Waals surface area (Å²) in [6, 6.07) is 0. The zero-order valence-electron chi connectivity index (χ0n) is 10.3. The van der Waals surface area contributed by atoms with Crippen molar-refractivity contribution in [1.82, 2.24) is 14.6 Å². The number of imidazole rings is 1. The highest BCUT2D eigenvalue weighted by atomic mass is 16.5. The lowest BCUT2D eigenvalue weighted by molar-refractivity contribution is 0.146. The Morgan fingerprint density at radius 3 is 3.06 bits per heavy atom. The molecule has 0 fully saturated rings. The Labute approximate surface area is 104 Å². The summed E-state index contributed by atoms with van der Waals surface area (Å²) in [5, 5.41) is 4.39. The van der Waals surface area contributed by atoms with Gasteiger partial charge in [-0.25, -0.2) is 4.98 Å². The van der Waals surface area contributed by atoms with E-state index in [1.165, 1.54) is 0 Å². The highest BCUT2D eigenvalue weighted by Gasteiger charge is 2.24. The van der Waals surface area contributed by atoms with Crippen molar-refractivity contribution in [3.05, 3.63) is 35.8 Å². The summed E-state index contributed by atoms with van der Waals surface area (Å²) in [6.45, 7) is 1.88. The molecule has 94 valence electrons. The number of nitrogens with two attached hydrogens (primary N) is 1. The lowest BCUT2D eigenvalue weighted by atomic mass is 9.99. The Hall–Kier alpha value is -2.08. The third-order valence-electron chi connectivity index (χ3n) is 3.05. The molecule has 6 heteroatoms. The van der Waals surface area contributed by atoms with E-state index < -0.39 is 0 Å². The van der Waals surface area contributed by atoms with Crippen molar-refractivity contribution in [3.8, 4) is 0 Å². The molecule has 1 aliphatic rings. The van der Waals surface area contributed by atoms with Crippen molar-refractivity contribution >= 4 is 11.3 Å². The van der Waals surface area contributed by atoms with Crippen LogP contribution in [-0.4, -0.2) is 27.8 Å². The van der Waals surface area contributed by atoms with Crippen molar-refractivity contribution in [1.29, 1.82) is 0 Å². The maximum atomic E-state index is 5.79. The largest absolute Gasteiger partial charge is 0.417 e. The summed E-state index contributed by atoms with van der Waals surface area (Å²) in [6.07, 6.45) is 5.93. The van der Waals surface area contributed by atoms with Crippen LogP contribution in [0.4, 0.5) is 0 Å². The first-order valence-electron chi connectivity index (χ1n) is 5.69. The van der Waals surface area contributed by atoms with Gasteiger partial charge in [-0.05, 0) is 19.1 Å². The molecule has 1 aliphatic carbocycles. The fourth-order valence-corrected chi connectivity index (χ4v) is 2.05. The number of fused-ring (bicyclic) bond motifs is 1. The molecule has 0 aliphatic heterocycles. The average Bonchev–Trinajstić information content (AvgIpc) is 2.92. The molecule has 0 saturated carbocycles. The third kappa shape index (κ3) is 1.62. The maximum Gasteiger partial charge on any atom is 0.245 e. The Morgan fingerprint density at radius 2 is 2.33 bits per heavy atom. The van der Waals surface area contributed by atoms with Crippen molar-refractivity contribution in [2.75, 3.05) is 7.11 Å². The molecule has 0 radical (unpaired) electrons. The van der Waals surface area contributed by atoms with E-state index in [0.717, 1.165) is 17.1 Å². The van der Waals surface area contributed by atoms with Crippen LogP contribution < -0.4 is 5.73 Å². The minimum Gasteiger partial charge on any atom is -0.417 e. The van der Waals surface area contributed by atoms with Crippen molar-refractivity contribution < 1.29 is 9.15 Å². The van der Waals surface area contributed by atoms with Gasteiger partial charge in [-0.15, -0.1) is 5.10 Å². The molecule has 0 bridgehead atoms. The summed E-state index contributed by atoms with van der Waals surface area (Å²) >= 11 is 0. The van der Waals surface area contributed by atoms with E-state index in [9.17, 15) is 0 Å². The average molecular weight is 246 g/mol. The minimum absolute atomic E-state index is 0.119. The van der Waals surface area contributed by atoms with E-state index in [1.54, 1.807) is 17.8 Å². The smallest absolute Gasteiger partial charge is 0.245 e. The molecule has 0 amide bonds. The number of aromatic nitrogens is 3. The Balaban J connectivity index is 2.07. The van der Waals surface area contributed by atoms with Gasteiger partial charge < -0.3 is 14.9 Å².